The molecule has 0 aliphatic heterocycles. The second-order valence-corrected chi connectivity index (χ2v) is 6.55. The molecule has 0 spiro atoms. The molecule has 0 N–H and O–H groups in total. The Balaban J connectivity index is 2.42. The fourth-order valence-corrected chi connectivity index (χ4v) is 2.80. The van der Waals surface area contributed by atoms with E-state index in [1.807, 2.05) is 30.3 Å². The van der Waals surface area contributed by atoms with E-state index in [9.17, 15) is 14.4 Å². The third-order valence-electron chi connectivity index (χ3n) is 4.43. The minimum atomic E-state index is -1.68. The van der Waals surface area contributed by atoms with Gasteiger partial charge in [0.25, 0.3) is 0 Å². The van der Waals surface area contributed by atoms with Crippen LogP contribution in [0.3, 0.4) is 0 Å². The highest BCUT2D eigenvalue weighted by molar-refractivity contribution is 6.00. The summed E-state index contributed by atoms with van der Waals surface area (Å²) in [5.74, 6) is 10.2. The highest BCUT2D eigenvalue weighted by atomic mass is 16.6. The fraction of sp³-hybridized carbons (Fsp3) is 0.269. The Bertz CT molecular complexity index is 1010. The van der Waals surface area contributed by atoms with Crippen LogP contribution in [0.25, 0.3) is 0 Å². The van der Waals surface area contributed by atoms with Gasteiger partial charge in [0.05, 0.1) is 13.2 Å². The molecule has 0 radical (unpaired) electrons. The van der Waals surface area contributed by atoms with Crippen LogP contribution in [0.5, 0.6) is 0 Å². The Kier molecular flexibility index (Phi) is 9.08. The number of carbonyl (C=O) groups is 3. The molecule has 0 heterocycles. The lowest BCUT2D eigenvalue weighted by molar-refractivity contribution is -0.171. The smallest absolute Gasteiger partial charge is 0.325 e. The zero-order valence-electron chi connectivity index (χ0n) is 17.6. The topological polar surface area (TPSA) is 69.7 Å². The Morgan fingerprint density at radius 1 is 0.839 bits per heavy atom. The Morgan fingerprint density at radius 2 is 1.39 bits per heavy atom. The first kappa shape index (κ1) is 23.4. The molecule has 5 nitrogen and oxygen atoms in total. The van der Waals surface area contributed by atoms with Gasteiger partial charge in [-0.2, -0.15) is 0 Å². The van der Waals surface area contributed by atoms with Crippen molar-refractivity contribution in [2.24, 2.45) is 5.41 Å². The monoisotopic (exact) mass is 416 g/mol. The molecule has 0 aromatic heterocycles. The van der Waals surface area contributed by atoms with Crippen molar-refractivity contribution in [3.05, 3.63) is 71.3 Å². The van der Waals surface area contributed by atoms with Crippen molar-refractivity contribution in [2.45, 2.75) is 26.7 Å². The number of ether oxygens (including phenoxy) is 2. The van der Waals surface area contributed by atoms with E-state index in [0.717, 1.165) is 5.56 Å². The van der Waals surface area contributed by atoms with E-state index >= 15 is 0 Å². The summed E-state index contributed by atoms with van der Waals surface area (Å²) < 4.78 is 10.4. The summed E-state index contributed by atoms with van der Waals surface area (Å²) in [4.78, 5) is 37.0. The standard InChI is InChI=1S/C26H24O5/c1-3-30-24(28)26(25(29)31-4-2,18-10-14-21-12-6-5-7-13-21)19-11-17-22-15-8-9-16-23(22)20-27/h5-9,12-13,15-16,20H,3-4,18-19H2,1-2H3. The first-order chi connectivity index (χ1) is 15.1. The second-order valence-electron chi connectivity index (χ2n) is 6.55. The molecule has 0 amide bonds. The number of hydrogen-bond donors (Lipinski definition) is 0. The first-order valence-electron chi connectivity index (χ1n) is 9.98. The van der Waals surface area contributed by atoms with E-state index in [-0.39, 0.29) is 26.1 Å². The quantitative estimate of drug-likeness (QED) is 0.297. The number of esters is 2. The van der Waals surface area contributed by atoms with Crippen LogP contribution in [0.1, 0.15) is 48.2 Å². The predicted octanol–water partition coefficient (Wildman–Crippen LogP) is 3.80. The maximum absolute atomic E-state index is 12.9. The summed E-state index contributed by atoms with van der Waals surface area (Å²) in [5, 5.41) is 0. The molecular weight excluding hydrogens is 392 g/mol. The van der Waals surface area contributed by atoms with Gasteiger partial charge in [-0.05, 0) is 32.0 Å². The van der Waals surface area contributed by atoms with Crippen LogP contribution in [-0.4, -0.2) is 31.4 Å². The van der Waals surface area contributed by atoms with Gasteiger partial charge in [0, 0.05) is 29.5 Å². The summed E-state index contributed by atoms with van der Waals surface area (Å²) >= 11 is 0. The van der Waals surface area contributed by atoms with E-state index in [0.29, 0.717) is 17.4 Å². The molecular formula is C26H24O5. The molecule has 0 saturated carbocycles. The molecule has 0 bridgehead atoms. The molecule has 0 aliphatic rings. The largest absolute Gasteiger partial charge is 0.465 e. The lowest BCUT2D eigenvalue weighted by atomic mass is 9.81. The van der Waals surface area contributed by atoms with Crippen LogP contribution in [0.2, 0.25) is 0 Å². The second kappa shape index (κ2) is 12.0. The van der Waals surface area contributed by atoms with E-state index in [1.54, 1.807) is 38.1 Å². The van der Waals surface area contributed by atoms with Gasteiger partial charge in [0.2, 0.25) is 0 Å². The lowest BCUT2D eigenvalue weighted by Gasteiger charge is -2.25. The maximum Gasteiger partial charge on any atom is 0.325 e. The number of benzene rings is 2. The number of aldehydes is 1. The van der Waals surface area contributed by atoms with E-state index in [4.69, 9.17) is 9.47 Å². The van der Waals surface area contributed by atoms with Crippen molar-refractivity contribution < 1.29 is 23.9 Å². The molecule has 2 rings (SSSR count). The van der Waals surface area contributed by atoms with Crippen molar-refractivity contribution in [1.82, 2.24) is 0 Å². The molecule has 0 aliphatic carbocycles. The minimum absolute atomic E-state index is 0.105. The van der Waals surface area contributed by atoms with Gasteiger partial charge >= 0.3 is 11.9 Å². The third kappa shape index (κ3) is 6.32. The fourth-order valence-electron chi connectivity index (χ4n) is 2.80. The van der Waals surface area contributed by atoms with Gasteiger partial charge in [-0.3, -0.25) is 14.4 Å². The lowest BCUT2D eigenvalue weighted by Crippen LogP contribution is -2.41. The molecule has 0 fully saturated rings. The SMILES string of the molecule is CCOC(=O)C(CC#Cc1ccccc1)(CC#Cc1ccccc1C=O)C(=O)OCC. The van der Waals surface area contributed by atoms with E-state index in [1.165, 1.54) is 0 Å². The van der Waals surface area contributed by atoms with Crippen molar-refractivity contribution in [1.29, 1.82) is 0 Å². The Hall–Kier alpha value is -3.83. The molecule has 0 saturated heterocycles. The average Bonchev–Trinajstić information content (AvgIpc) is 2.79. The summed E-state index contributed by atoms with van der Waals surface area (Å²) in [5.41, 5.74) is 0.0121. The first-order valence-corrected chi connectivity index (χ1v) is 9.98. The zero-order valence-corrected chi connectivity index (χ0v) is 17.6. The molecule has 0 unspecified atom stereocenters. The normalized spacial score (nSPS) is 10.0. The molecule has 158 valence electrons. The van der Waals surface area contributed by atoms with Crippen LogP contribution >= 0.6 is 0 Å². The van der Waals surface area contributed by atoms with Crippen molar-refractivity contribution in [2.75, 3.05) is 13.2 Å². The Morgan fingerprint density at radius 3 is 1.97 bits per heavy atom. The molecule has 5 heteroatoms. The Labute approximate surface area is 182 Å². The van der Waals surface area contributed by atoms with Crippen LogP contribution in [0.15, 0.2) is 54.6 Å². The van der Waals surface area contributed by atoms with Gasteiger partial charge in [-0.1, -0.05) is 60.1 Å². The summed E-state index contributed by atoms with van der Waals surface area (Å²) in [6.45, 7) is 3.53. The van der Waals surface area contributed by atoms with Crippen LogP contribution in [0.4, 0.5) is 0 Å². The van der Waals surface area contributed by atoms with Crippen LogP contribution in [-0.2, 0) is 19.1 Å². The number of carbonyl (C=O) groups excluding carboxylic acids is 3. The number of hydrogen-bond acceptors (Lipinski definition) is 5. The van der Waals surface area contributed by atoms with Gasteiger partial charge < -0.3 is 9.47 Å². The number of rotatable bonds is 7. The van der Waals surface area contributed by atoms with E-state index in [2.05, 4.69) is 23.7 Å². The summed E-state index contributed by atoms with van der Waals surface area (Å²) in [7, 11) is 0. The predicted molar refractivity (Wildman–Crippen MR) is 117 cm³/mol. The van der Waals surface area contributed by atoms with Crippen molar-refractivity contribution >= 4 is 18.2 Å². The van der Waals surface area contributed by atoms with Gasteiger partial charge in [0.15, 0.2) is 11.7 Å². The highest BCUT2D eigenvalue weighted by Gasteiger charge is 2.48. The maximum atomic E-state index is 12.9. The average molecular weight is 416 g/mol. The third-order valence-corrected chi connectivity index (χ3v) is 4.43. The molecule has 2 aromatic carbocycles. The van der Waals surface area contributed by atoms with Crippen LogP contribution < -0.4 is 0 Å². The molecule has 2 aromatic rings. The van der Waals surface area contributed by atoms with E-state index < -0.39 is 17.4 Å². The molecule has 31 heavy (non-hydrogen) atoms. The molecule has 0 atom stereocenters. The summed E-state index contributed by atoms with van der Waals surface area (Å²) in [6.07, 6.45) is 0.449. The van der Waals surface area contributed by atoms with Gasteiger partial charge in [-0.25, -0.2) is 0 Å². The zero-order chi connectivity index (χ0) is 22.5. The van der Waals surface area contributed by atoms with Crippen molar-refractivity contribution in [3.8, 4) is 23.7 Å². The van der Waals surface area contributed by atoms with Crippen molar-refractivity contribution in [3.63, 3.8) is 0 Å². The minimum Gasteiger partial charge on any atom is -0.465 e. The summed E-state index contributed by atoms with van der Waals surface area (Å²) in [6, 6.07) is 16.1. The van der Waals surface area contributed by atoms with Gasteiger partial charge in [0.1, 0.15) is 0 Å². The van der Waals surface area contributed by atoms with Gasteiger partial charge in [-0.15, -0.1) is 0 Å². The van der Waals surface area contributed by atoms with Crippen LogP contribution in [0, 0.1) is 29.1 Å². The highest BCUT2D eigenvalue weighted by Crippen LogP contribution is 2.30.